The Morgan fingerprint density at radius 2 is 2.14 bits per heavy atom. The lowest BCUT2D eigenvalue weighted by Crippen LogP contribution is -2.18. The summed E-state index contributed by atoms with van der Waals surface area (Å²) in [5, 5.41) is 3.19. The first-order chi connectivity index (χ1) is 6.66. The van der Waals surface area contributed by atoms with Gasteiger partial charge in [-0.15, -0.1) is 0 Å². The predicted octanol–water partition coefficient (Wildman–Crippen LogP) is 2.13. The average molecular weight is 197 g/mol. The van der Waals surface area contributed by atoms with Crippen LogP contribution in [-0.4, -0.2) is 31.7 Å². The van der Waals surface area contributed by atoms with Gasteiger partial charge in [-0.3, -0.25) is 15.3 Å². The minimum absolute atomic E-state index is 0.704. The van der Waals surface area contributed by atoms with Crippen LogP contribution in [0.4, 0.5) is 0 Å². The molecule has 0 bridgehead atoms. The Hall–Kier alpha value is -0.700. The summed E-state index contributed by atoms with van der Waals surface area (Å²) >= 11 is 0. The summed E-state index contributed by atoms with van der Waals surface area (Å²) in [4.78, 5) is 8.52. The molecule has 0 fully saturated rings. The molecule has 0 atom stereocenters. The van der Waals surface area contributed by atoms with Gasteiger partial charge in [0.25, 0.3) is 0 Å². The Bertz CT molecular complexity index is 183. The number of nitrogens with zero attached hydrogens (tertiary/aromatic N) is 2. The van der Waals surface area contributed by atoms with Crippen molar-refractivity contribution in [2.45, 2.75) is 34.1 Å². The fourth-order valence-corrected chi connectivity index (χ4v) is 1.22. The first-order valence-corrected chi connectivity index (χ1v) is 5.32. The third-order valence-corrected chi connectivity index (χ3v) is 1.76. The average Bonchev–Trinajstić information content (AvgIpc) is 2.10. The van der Waals surface area contributed by atoms with Gasteiger partial charge in [-0.05, 0) is 32.4 Å². The van der Waals surface area contributed by atoms with E-state index < -0.39 is 0 Å². The monoisotopic (exact) mass is 197 g/mol. The molecular formula is C11H23N3. The molecule has 0 aliphatic heterocycles. The summed E-state index contributed by atoms with van der Waals surface area (Å²) in [5.41, 5.74) is 1.25. The number of rotatable bonds is 7. The summed E-state index contributed by atoms with van der Waals surface area (Å²) < 4.78 is 0. The molecule has 0 aromatic rings. The molecule has 0 aliphatic rings. The standard InChI is InChI=1S/C11H23N3/c1-5-12-9-13-6-7-14-11(4)8-10(2)3/h5,10,13H,6-9H2,1-4H3/b12-5-,14-11?. The van der Waals surface area contributed by atoms with Crippen molar-refractivity contribution in [2.24, 2.45) is 15.9 Å². The van der Waals surface area contributed by atoms with E-state index in [1.165, 1.54) is 5.71 Å². The minimum Gasteiger partial charge on any atom is -0.296 e. The zero-order chi connectivity index (χ0) is 10.8. The molecule has 14 heavy (non-hydrogen) atoms. The maximum atomic E-state index is 4.46. The summed E-state index contributed by atoms with van der Waals surface area (Å²) in [5.74, 6) is 0.705. The van der Waals surface area contributed by atoms with Crippen LogP contribution in [-0.2, 0) is 0 Å². The molecule has 0 aromatic carbocycles. The molecule has 3 nitrogen and oxygen atoms in total. The van der Waals surface area contributed by atoms with Gasteiger partial charge in [0, 0.05) is 12.3 Å². The molecule has 3 heteroatoms. The zero-order valence-corrected chi connectivity index (χ0v) is 9.88. The third-order valence-electron chi connectivity index (χ3n) is 1.76. The summed E-state index contributed by atoms with van der Waals surface area (Å²) in [6, 6.07) is 0. The van der Waals surface area contributed by atoms with E-state index in [4.69, 9.17) is 0 Å². The lowest BCUT2D eigenvalue weighted by Gasteiger charge is -2.04. The van der Waals surface area contributed by atoms with E-state index in [-0.39, 0.29) is 0 Å². The maximum absolute atomic E-state index is 4.46. The van der Waals surface area contributed by atoms with Crippen molar-refractivity contribution in [2.75, 3.05) is 19.8 Å². The van der Waals surface area contributed by atoms with Gasteiger partial charge < -0.3 is 0 Å². The van der Waals surface area contributed by atoms with Gasteiger partial charge in [-0.2, -0.15) is 0 Å². The van der Waals surface area contributed by atoms with Crippen molar-refractivity contribution in [1.82, 2.24) is 5.32 Å². The van der Waals surface area contributed by atoms with E-state index in [1.807, 2.05) is 6.92 Å². The molecular weight excluding hydrogens is 174 g/mol. The Labute approximate surface area is 87.7 Å². The van der Waals surface area contributed by atoms with Crippen molar-refractivity contribution < 1.29 is 0 Å². The van der Waals surface area contributed by atoms with Crippen LogP contribution >= 0.6 is 0 Å². The molecule has 0 unspecified atom stereocenters. The van der Waals surface area contributed by atoms with E-state index in [0.29, 0.717) is 12.6 Å². The lowest BCUT2D eigenvalue weighted by molar-refractivity contribution is 0.674. The molecule has 0 saturated carbocycles. The van der Waals surface area contributed by atoms with E-state index in [1.54, 1.807) is 6.21 Å². The molecule has 0 radical (unpaired) electrons. The van der Waals surface area contributed by atoms with Crippen LogP contribution in [0.25, 0.3) is 0 Å². The summed E-state index contributed by atoms with van der Waals surface area (Å²) in [6.45, 7) is 10.9. The normalized spacial score (nSPS) is 13.1. The van der Waals surface area contributed by atoms with Crippen LogP contribution in [0.3, 0.4) is 0 Å². The summed E-state index contributed by atoms with van der Waals surface area (Å²) in [7, 11) is 0. The highest BCUT2D eigenvalue weighted by Gasteiger charge is 1.95. The van der Waals surface area contributed by atoms with Gasteiger partial charge in [-0.25, -0.2) is 0 Å². The number of nitrogens with one attached hydrogen (secondary N) is 1. The van der Waals surface area contributed by atoms with Crippen LogP contribution in [0.5, 0.6) is 0 Å². The summed E-state index contributed by atoms with van der Waals surface area (Å²) in [6.07, 6.45) is 2.91. The molecule has 0 aromatic heterocycles. The molecule has 0 aliphatic carbocycles. The van der Waals surface area contributed by atoms with E-state index in [9.17, 15) is 0 Å². The first-order valence-electron chi connectivity index (χ1n) is 5.32. The Balaban J connectivity index is 3.41. The first kappa shape index (κ1) is 13.3. The minimum atomic E-state index is 0.704. The van der Waals surface area contributed by atoms with Crippen molar-refractivity contribution in [1.29, 1.82) is 0 Å². The van der Waals surface area contributed by atoms with Gasteiger partial charge in [0.2, 0.25) is 0 Å². The molecule has 0 heterocycles. The quantitative estimate of drug-likeness (QED) is 0.492. The fourth-order valence-electron chi connectivity index (χ4n) is 1.22. The molecule has 1 N–H and O–H groups in total. The molecule has 0 saturated heterocycles. The Kier molecular flexibility index (Phi) is 8.43. The number of hydrogen-bond acceptors (Lipinski definition) is 3. The smallest absolute Gasteiger partial charge is 0.0880 e. The second kappa shape index (κ2) is 8.88. The lowest BCUT2D eigenvalue weighted by atomic mass is 10.1. The third kappa shape index (κ3) is 9.39. The van der Waals surface area contributed by atoms with Crippen LogP contribution in [0.1, 0.15) is 34.1 Å². The van der Waals surface area contributed by atoms with E-state index in [0.717, 1.165) is 19.5 Å². The number of aliphatic imine (C=N–C) groups is 2. The Morgan fingerprint density at radius 1 is 1.43 bits per heavy atom. The predicted molar refractivity (Wildman–Crippen MR) is 64.5 cm³/mol. The van der Waals surface area contributed by atoms with Gasteiger partial charge in [0.05, 0.1) is 13.2 Å². The van der Waals surface area contributed by atoms with E-state index in [2.05, 4.69) is 36.1 Å². The molecule has 0 amide bonds. The molecule has 0 rings (SSSR count). The SMILES string of the molecule is C/C=N\CNCCN=C(C)CC(C)C. The van der Waals surface area contributed by atoms with Gasteiger partial charge in [0.1, 0.15) is 0 Å². The topological polar surface area (TPSA) is 36.8 Å². The van der Waals surface area contributed by atoms with Crippen LogP contribution < -0.4 is 5.32 Å². The van der Waals surface area contributed by atoms with Crippen molar-refractivity contribution in [3.8, 4) is 0 Å². The number of hydrogen-bond donors (Lipinski definition) is 1. The maximum Gasteiger partial charge on any atom is 0.0880 e. The molecule has 82 valence electrons. The van der Waals surface area contributed by atoms with Crippen LogP contribution in [0, 0.1) is 5.92 Å². The van der Waals surface area contributed by atoms with Gasteiger partial charge >= 0.3 is 0 Å². The Morgan fingerprint density at radius 3 is 2.71 bits per heavy atom. The highest BCUT2D eigenvalue weighted by atomic mass is 15.0. The zero-order valence-electron chi connectivity index (χ0n) is 9.88. The molecule has 0 spiro atoms. The highest BCUT2D eigenvalue weighted by molar-refractivity contribution is 5.82. The van der Waals surface area contributed by atoms with Gasteiger partial charge in [-0.1, -0.05) is 13.8 Å². The second-order valence-electron chi connectivity index (χ2n) is 3.81. The van der Waals surface area contributed by atoms with Crippen LogP contribution in [0.15, 0.2) is 9.98 Å². The van der Waals surface area contributed by atoms with E-state index >= 15 is 0 Å². The van der Waals surface area contributed by atoms with Crippen molar-refractivity contribution in [3.05, 3.63) is 0 Å². The van der Waals surface area contributed by atoms with Crippen LogP contribution in [0.2, 0.25) is 0 Å². The largest absolute Gasteiger partial charge is 0.296 e. The highest BCUT2D eigenvalue weighted by Crippen LogP contribution is 2.00. The van der Waals surface area contributed by atoms with Gasteiger partial charge in [0.15, 0.2) is 0 Å². The second-order valence-corrected chi connectivity index (χ2v) is 3.81. The van der Waals surface area contributed by atoms with Crippen molar-refractivity contribution in [3.63, 3.8) is 0 Å². The fraction of sp³-hybridized carbons (Fsp3) is 0.818. The van der Waals surface area contributed by atoms with Crippen molar-refractivity contribution >= 4 is 11.9 Å².